The topological polar surface area (TPSA) is 45.0 Å². The Balaban J connectivity index is 1.66. The predicted molar refractivity (Wildman–Crippen MR) is 130 cm³/mol. The SMILES string of the molecule is O=C1/C(=C/c2ccc(Br)cc2)S/C(=N/N=C\c2ccc(Cl)cc2)N1c1ccccc1. The Labute approximate surface area is 192 Å². The number of hydrogen-bond acceptors (Lipinski definition) is 4. The zero-order valence-corrected chi connectivity index (χ0v) is 18.7. The lowest BCUT2D eigenvalue weighted by Crippen LogP contribution is -2.28. The highest BCUT2D eigenvalue weighted by atomic mass is 79.9. The van der Waals surface area contributed by atoms with Crippen LogP contribution in [0.25, 0.3) is 6.08 Å². The molecular weight excluding hydrogens is 482 g/mol. The molecule has 0 spiro atoms. The first-order chi connectivity index (χ1) is 14.6. The largest absolute Gasteiger partial charge is 0.271 e. The highest BCUT2D eigenvalue weighted by molar-refractivity contribution is 9.10. The molecule has 0 unspecified atom stereocenters. The van der Waals surface area contributed by atoms with Gasteiger partial charge in [0.25, 0.3) is 5.91 Å². The fraction of sp³-hybridized carbons (Fsp3) is 0. The summed E-state index contributed by atoms with van der Waals surface area (Å²) in [7, 11) is 0. The van der Waals surface area contributed by atoms with E-state index in [0.717, 1.165) is 21.3 Å². The van der Waals surface area contributed by atoms with E-state index in [1.165, 1.54) is 11.8 Å². The molecule has 30 heavy (non-hydrogen) atoms. The third-order valence-corrected chi connectivity index (χ3v) is 5.95. The number of para-hydroxylation sites is 1. The molecule has 0 atom stereocenters. The van der Waals surface area contributed by atoms with Crippen molar-refractivity contribution in [3.8, 4) is 0 Å². The first kappa shape index (κ1) is 20.6. The summed E-state index contributed by atoms with van der Waals surface area (Å²) in [4.78, 5) is 15.3. The summed E-state index contributed by atoms with van der Waals surface area (Å²) in [6.45, 7) is 0. The van der Waals surface area contributed by atoms with Crippen LogP contribution in [-0.4, -0.2) is 17.3 Å². The number of benzene rings is 3. The summed E-state index contributed by atoms with van der Waals surface area (Å²) in [5.74, 6) is -0.130. The molecule has 0 aromatic heterocycles. The number of nitrogens with zero attached hydrogens (tertiary/aromatic N) is 3. The van der Waals surface area contributed by atoms with Crippen LogP contribution in [0, 0.1) is 0 Å². The van der Waals surface area contributed by atoms with Crippen molar-refractivity contribution in [3.63, 3.8) is 0 Å². The molecule has 4 nitrogen and oxygen atoms in total. The number of rotatable bonds is 4. The van der Waals surface area contributed by atoms with Gasteiger partial charge in [-0.25, -0.2) is 0 Å². The van der Waals surface area contributed by atoms with Crippen LogP contribution < -0.4 is 4.90 Å². The monoisotopic (exact) mass is 495 g/mol. The number of carbonyl (C=O) groups excluding carboxylic acids is 1. The minimum Gasteiger partial charge on any atom is -0.268 e. The molecule has 7 heteroatoms. The van der Waals surface area contributed by atoms with Gasteiger partial charge in [0.1, 0.15) is 0 Å². The van der Waals surface area contributed by atoms with Gasteiger partial charge in [-0.15, -0.1) is 5.10 Å². The smallest absolute Gasteiger partial charge is 0.268 e. The number of thioether (sulfide) groups is 1. The Bertz CT molecular complexity index is 1140. The van der Waals surface area contributed by atoms with E-state index >= 15 is 0 Å². The van der Waals surface area contributed by atoms with Crippen molar-refractivity contribution in [2.75, 3.05) is 4.90 Å². The van der Waals surface area contributed by atoms with Gasteiger partial charge in [0.05, 0.1) is 16.8 Å². The average Bonchev–Trinajstić information content (AvgIpc) is 3.07. The number of amides is 1. The second kappa shape index (κ2) is 9.43. The minimum atomic E-state index is -0.130. The van der Waals surface area contributed by atoms with Crippen LogP contribution in [0.2, 0.25) is 5.02 Å². The number of amidine groups is 1. The normalized spacial score (nSPS) is 16.9. The van der Waals surface area contributed by atoms with Crippen LogP contribution in [0.1, 0.15) is 11.1 Å². The number of halogens is 2. The molecule has 3 aromatic rings. The maximum atomic E-state index is 13.1. The maximum Gasteiger partial charge on any atom is 0.271 e. The molecule has 148 valence electrons. The van der Waals surface area contributed by atoms with Gasteiger partial charge in [0.2, 0.25) is 5.17 Å². The zero-order valence-electron chi connectivity index (χ0n) is 15.6. The van der Waals surface area contributed by atoms with Crippen molar-refractivity contribution in [2.45, 2.75) is 0 Å². The van der Waals surface area contributed by atoms with Gasteiger partial charge in [0.15, 0.2) is 0 Å². The average molecular weight is 497 g/mol. The van der Waals surface area contributed by atoms with Crippen LogP contribution in [0.3, 0.4) is 0 Å². The molecule has 1 aliphatic rings. The van der Waals surface area contributed by atoms with Crippen molar-refractivity contribution in [3.05, 3.63) is 104 Å². The van der Waals surface area contributed by atoms with Crippen LogP contribution in [0.4, 0.5) is 5.69 Å². The molecule has 0 bridgehead atoms. The van der Waals surface area contributed by atoms with Crippen LogP contribution >= 0.6 is 39.3 Å². The molecule has 0 radical (unpaired) electrons. The van der Waals surface area contributed by atoms with Crippen molar-refractivity contribution >= 4 is 68.3 Å². The zero-order chi connectivity index (χ0) is 20.9. The lowest BCUT2D eigenvalue weighted by atomic mass is 10.2. The van der Waals surface area contributed by atoms with Crippen LogP contribution in [0.5, 0.6) is 0 Å². The quantitative estimate of drug-likeness (QED) is 0.232. The molecule has 0 saturated carbocycles. The summed E-state index contributed by atoms with van der Waals surface area (Å²) in [6, 6.07) is 24.5. The Morgan fingerprint density at radius 3 is 2.27 bits per heavy atom. The third-order valence-electron chi connectivity index (χ3n) is 4.21. The van der Waals surface area contributed by atoms with E-state index in [9.17, 15) is 4.79 Å². The molecule has 4 rings (SSSR count). The number of carbonyl (C=O) groups is 1. The second-order valence-electron chi connectivity index (χ2n) is 6.32. The van der Waals surface area contributed by atoms with Crippen LogP contribution in [0.15, 0.2) is 98.4 Å². The molecule has 1 heterocycles. The van der Waals surface area contributed by atoms with Gasteiger partial charge in [0, 0.05) is 9.50 Å². The van der Waals surface area contributed by atoms with Crippen molar-refractivity contribution in [2.24, 2.45) is 10.2 Å². The van der Waals surface area contributed by atoms with E-state index in [4.69, 9.17) is 11.6 Å². The highest BCUT2D eigenvalue weighted by Gasteiger charge is 2.34. The van der Waals surface area contributed by atoms with Crippen molar-refractivity contribution in [1.29, 1.82) is 0 Å². The minimum absolute atomic E-state index is 0.130. The molecule has 0 N–H and O–H groups in total. The van der Waals surface area contributed by atoms with Crippen molar-refractivity contribution < 1.29 is 4.79 Å². The third kappa shape index (κ3) is 4.90. The van der Waals surface area contributed by atoms with E-state index < -0.39 is 0 Å². The summed E-state index contributed by atoms with van der Waals surface area (Å²) >= 11 is 10.6. The van der Waals surface area contributed by atoms with Gasteiger partial charge >= 0.3 is 0 Å². The van der Waals surface area contributed by atoms with E-state index in [1.807, 2.05) is 72.8 Å². The van der Waals surface area contributed by atoms with E-state index in [0.29, 0.717) is 15.1 Å². The van der Waals surface area contributed by atoms with Crippen molar-refractivity contribution in [1.82, 2.24) is 0 Å². The van der Waals surface area contributed by atoms with Gasteiger partial charge in [-0.1, -0.05) is 70.0 Å². The second-order valence-corrected chi connectivity index (χ2v) is 8.68. The number of anilines is 1. The standard InChI is InChI=1S/C23H15BrClN3OS/c24-18-10-6-16(7-11-18)14-21-22(29)28(20-4-2-1-3-5-20)23(30-21)27-26-15-17-8-12-19(25)13-9-17/h1-15H/b21-14-,26-15-,27-23+. The highest BCUT2D eigenvalue weighted by Crippen LogP contribution is 2.36. The summed E-state index contributed by atoms with van der Waals surface area (Å²) in [6.07, 6.45) is 3.49. The van der Waals surface area contributed by atoms with Gasteiger partial charge in [-0.2, -0.15) is 5.10 Å². The first-order valence-corrected chi connectivity index (χ1v) is 11.0. The molecular formula is C23H15BrClN3OS. The molecule has 1 saturated heterocycles. The van der Waals surface area contributed by atoms with Gasteiger partial charge in [-0.05, 0) is 65.4 Å². The van der Waals surface area contributed by atoms with Gasteiger partial charge in [-0.3, -0.25) is 9.69 Å². The van der Waals surface area contributed by atoms with E-state index in [2.05, 4.69) is 26.1 Å². The van der Waals surface area contributed by atoms with Crippen LogP contribution in [-0.2, 0) is 4.79 Å². The fourth-order valence-corrected chi connectivity index (χ4v) is 4.08. The summed E-state index contributed by atoms with van der Waals surface area (Å²) in [5.41, 5.74) is 2.55. The Kier molecular flexibility index (Phi) is 6.47. The molecule has 3 aromatic carbocycles. The molecule has 0 aliphatic carbocycles. The Morgan fingerprint density at radius 2 is 1.57 bits per heavy atom. The number of hydrogen-bond donors (Lipinski definition) is 0. The Morgan fingerprint density at radius 1 is 0.900 bits per heavy atom. The summed E-state index contributed by atoms with van der Waals surface area (Å²) < 4.78 is 0.986. The maximum absolute atomic E-state index is 13.1. The lowest BCUT2D eigenvalue weighted by Gasteiger charge is -2.14. The molecule has 1 aliphatic heterocycles. The molecule has 1 amide bonds. The van der Waals surface area contributed by atoms with E-state index in [1.54, 1.807) is 23.2 Å². The van der Waals surface area contributed by atoms with E-state index in [-0.39, 0.29) is 5.91 Å². The fourth-order valence-electron chi connectivity index (χ4n) is 2.75. The summed E-state index contributed by atoms with van der Waals surface area (Å²) in [5, 5.41) is 9.68. The van der Waals surface area contributed by atoms with Gasteiger partial charge < -0.3 is 0 Å². The molecule has 1 fully saturated rings. The predicted octanol–water partition coefficient (Wildman–Crippen LogP) is 6.61. The Hall–Kier alpha value is -2.67. The lowest BCUT2D eigenvalue weighted by molar-refractivity contribution is -0.113. The first-order valence-electron chi connectivity index (χ1n) is 9.01.